The number of ether oxygens (including phenoxy) is 1. The van der Waals surface area contributed by atoms with Crippen molar-refractivity contribution in [2.75, 3.05) is 30.7 Å². The normalized spacial score (nSPS) is 16.6. The molecule has 1 heterocycles. The van der Waals surface area contributed by atoms with Crippen molar-refractivity contribution in [1.29, 1.82) is 0 Å². The molecule has 0 aromatic heterocycles. The molecule has 0 saturated carbocycles. The molecule has 3 N–H and O–H groups in total. The molecule has 1 aliphatic rings. The maximum absolute atomic E-state index is 12.6. The van der Waals surface area contributed by atoms with Crippen LogP contribution < -0.4 is 15.8 Å². The van der Waals surface area contributed by atoms with E-state index in [1.54, 1.807) is 17.0 Å². The Morgan fingerprint density at radius 3 is 2.63 bits per heavy atom. The first-order chi connectivity index (χ1) is 13.1. The molecule has 3 rings (SSSR count). The smallest absolute Gasteiger partial charge is 0.229 e. The Bertz CT molecular complexity index is 779. The van der Waals surface area contributed by atoms with Gasteiger partial charge in [-0.2, -0.15) is 0 Å². The summed E-state index contributed by atoms with van der Waals surface area (Å²) >= 11 is 0. The van der Waals surface area contributed by atoms with Crippen molar-refractivity contribution in [3.8, 4) is 5.75 Å². The Kier molecular flexibility index (Phi) is 6.30. The molecule has 0 bridgehead atoms. The molecule has 2 amide bonds. The summed E-state index contributed by atoms with van der Waals surface area (Å²) in [6, 6.07) is 16.6. The predicted octanol–water partition coefficient (Wildman–Crippen LogP) is 2.92. The van der Waals surface area contributed by atoms with E-state index in [9.17, 15) is 9.59 Å². The third kappa shape index (κ3) is 5.23. The number of nitrogens with two attached hydrogens (primary N) is 1. The van der Waals surface area contributed by atoms with Gasteiger partial charge in [0.2, 0.25) is 11.8 Å². The number of amides is 2. The largest absolute Gasteiger partial charge is 0.493 e. The Morgan fingerprint density at radius 1 is 1.11 bits per heavy atom. The number of hydrogen-bond acceptors (Lipinski definition) is 4. The summed E-state index contributed by atoms with van der Waals surface area (Å²) < 4.78 is 5.59. The van der Waals surface area contributed by atoms with Crippen LogP contribution in [0.3, 0.4) is 0 Å². The molecule has 1 unspecified atom stereocenters. The molecular formula is C21H25N3O3. The molecule has 0 radical (unpaired) electrons. The molecule has 0 spiro atoms. The number of nitrogens with one attached hydrogen (secondary N) is 1. The number of piperidine rings is 1. The van der Waals surface area contributed by atoms with Crippen LogP contribution in [0.1, 0.15) is 19.3 Å². The van der Waals surface area contributed by atoms with Gasteiger partial charge in [-0.05, 0) is 37.1 Å². The number of nitrogen functional groups attached to an aromatic ring is 1. The topological polar surface area (TPSA) is 84.7 Å². The lowest BCUT2D eigenvalue weighted by molar-refractivity contribution is -0.135. The van der Waals surface area contributed by atoms with Gasteiger partial charge in [-0.1, -0.05) is 30.3 Å². The highest BCUT2D eigenvalue weighted by molar-refractivity contribution is 5.95. The van der Waals surface area contributed by atoms with Crippen LogP contribution in [0.2, 0.25) is 0 Å². The maximum atomic E-state index is 12.6. The molecule has 1 saturated heterocycles. The summed E-state index contributed by atoms with van der Waals surface area (Å²) in [6.45, 7) is 1.45. The van der Waals surface area contributed by atoms with Crippen LogP contribution in [0.15, 0.2) is 54.6 Å². The Balaban J connectivity index is 1.48. The number of benzene rings is 2. The average Bonchev–Trinajstić information content (AvgIpc) is 2.70. The number of para-hydroxylation sites is 3. The zero-order valence-electron chi connectivity index (χ0n) is 15.3. The minimum Gasteiger partial charge on any atom is -0.493 e. The lowest BCUT2D eigenvalue weighted by atomic mass is 9.96. The SMILES string of the molecule is Nc1ccccc1NC(=O)C1CCCN(C(=O)CCOc2ccccc2)C1. The molecular weight excluding hydrogens is 342 g/mol. The van der Waals surface area contributed by atoms with Crippen LogP contribution >= 0.6 is 0 Å². The van der Waals surface area contributed by atoms with E-state index in [2.05, 4.69) is 5.32 Å². The number of carbonyl (C=O) groups is 2. The van der Waals surface area contributed by atoms with E-state index < -0.39 is 0 Å². The van der Waals surface area contributed by atoms with Crippen molar-refractivity contribution < 1.29 is 14.3 Å². The van der Waals surface area contributed by atoms with Crippen molar-refractivity contribution in [2.24, 2.45) is 5.92 Å². The lowest BCUT2D eigenvalue weighted by Gasteiger charge is -2.32. The molecule has 6 nitrogen and oxygen atoms in total. The summed E-state index contributed by atoms with van der Waals surface area (Å²) in [4.78, 5) is 26.8. The second-order valence-electron chi connectivity index (χ2n) is 6.67. The molecule has 1 atom stereocenters. The zero-order chi connectivity index (χ0) is 19.1. The fourth-order valence-corrected chi connectivity index (χ4v) is 3.19. The highest BCUT2D eigenvalue weighted by Gasteiger charge is 2.28. The maximum Gasteiger partial charge on any atom is 0.229 e. The van der Waals surface area contributed by atoms with Crippen molar-refractivity contribution in [3.05, 3.63) is 54.6 Å². The standard InChI is InChI=1S/C21H25N3O3/c22-18-10-4-5-11-19(18)23-21(26)16-7-6-13-24(15-16)20(25)12-14-27-17-8-2-1-3-9-17/h1-5,8-11,16H,6-7,12-15,22H2,(H,23,26). The second kappa shape index (κ2) is 9.07. The Morgan fingerprint density at radius 2 is 1.85 bits per heavy atom. The highest BCUT2D eigenvalue weighted by atomic mass is 16.5. The van der Waals surface area contributed by atoms with Gasteiger partial charge in [-0.15, -0.1) is 0 Å². The van der Waals surface area contributed by atoms with Crippen LogP contribution in [0.4, 0.5) is 11.4 Å². The molecule has 1 fully saturated rings. The molecule has 142 valence electrons. The first-order valence-corrected chi connectivity index (χ1v) is 9.24. The summed E-state index contributed by atoms with van der Waals surface area (Å²) in [5.41, 5.74) is 7.03. The van der Waals surface area contributed by atoms with Crippen molar-refractivity contribution in [1.82, 2.24) is 4.90 Å². The second-order valence-corrected chi connectivity index (χ2v) is 6.67. The fourth-order valence-electron chi connectivity index (χ4n) is 3.19. The molecule has 0 aliphatic carbocycles. The number of rotatable bonds is 6. The van der Waals surface area contributed by atoms with Crippen LogP contribution in [0.5, 0.6) is 5.75 Å². The quantitative estimate of drug-likeness (QED) is 0.769. The first kappa shape index (κ1) is 18.8. The van der Waals surface area contributed by atoms with Crippen molar-refractivity contribution in [2.45, 2.75) is 19.3 Å². The van der Waals surface area contributed by atoms with E-state index >= 15 is 0 Å². The zero-order valence-corrected chi connectivity index (χ0v) is 15.3. The van der Waals surface area contributed by atoms with Gasteiger partial charge in [0.15, 0.2) is 0 Å². The van der Waals surface area contributed by atoms with Gasteiger partial charge in [0.1, 0.15) is 5.75 Å². The van der Waals surface area contributed by atoms with Gasteiger partial charge in [0, 0.05) is 13.1 Å². The third-order valence-corrected chi connectivity index (χ3v) is 4.69. The van der Waals surface area contributed by atoms with E-state index in [0.717, 1.165) is 18.6 Å². The molecule has 2 aromatic rings. The van der Waals surface area contributed by atoms with E-state index in [4.69, 9.17) is 10.5 Å². The third-order valence-electron chi connectivity index (χ3n) is 4.69. The van der Waals surface area contributed by atoms with Crippen LogP contribution in [0, 0.1) is 5.92 Å². The molecule has 6 heteroatoms. The van der Waals surface area contributed by atoms with Crippen molar-refractivity contribution >= 4 is 23.2 Å². The van der Waals surface area contributed by atoms with Gasteiger partial charge in [-0.25, -0.2) is 0 Å². The summed E-state index contributed by atoms with van der Waals surface area (Å²) in [5.74, 6) is 0.451. The number of anilines is 2. The minimum absolute atomic E-state index is 0.0163. The van der Waals surface area contributed by atoms with Crippen LogP contribution in [0.25, 0.3) is 0 Å². The molecule has 2 aromatic carbocycles. The summed E-state index contributed by atoms with van der Waals surface area (Å²) in [5, 5.41) is 2.88. The highest BCUT2D eigenvalue weighted by Crippen LogP contribution is 2.22. The van der Waals surface area contributed by atoms with Gasteiger partial charge in [-0.3, -0.25) is 9.59 Å². The monoisotopic (exact) mass is 367 g/mol. The molecule has 1 aliphatic heterocycles. The van der Waals surface area contributed by atoms with Gasteiger partial charge in [0.25, 0.3) is 0 Å². The van der Waals surface area contributed by atoms with Gasteiger partial charge in [0.05, 0.1) is 30.3 Å². The predicted molar refractivity (Wildman–Crippen MR) is 105 cm³/mol. The number of hydrogen-bond donors (Lipinski definition) is 2. The number of likely N-dealkylation sites (tertiary alicyclic amines) is 1. The van der Waals surface area contributed by atoms with Crippen LogP contribution in [-0.4, -0.2) is 36.4 Å². The van der Waals surface area contributed by atoms with Gasteiger partial charge >= 0.3 is 0 Å². The fraction of sp³-hybridized carbons (Fsp3) is 0.333. The lowest BCUT2D eigenvalue weighted by Crippen LogP contribution is -2.44. The number of nitrogens with zero attached hydrogens (tertiary/aromatic N) is 1. The van der Waals surface area contributed by atoms with E-state index in [0.29, 0.717) is 37.5 Å². The summed E-state index contributed by atoms with van der Waals surface area (Å²) in [6.07, 6.45) is 1.88. The first-order valence-electron chi connectivity index (χ1n) is 9.24. The van der Waals surface area contributed by atoms with E-state index in [-0.39, 0.29) is 17.7 Å². The van der Waals surface area contributed by atoms with Gasteiger partial charge < -0.3 is 20.7 Å². The van der Waals surface area contributed by atoms with Crippen LogP contribution in [-0.2, 0) is 9.59 Å². The average molecular weight is 367 g/mol. The van der Waals surface area contributed by atoms with E-state index in [1.165, 1.54) is 0 Å². The van der Waals surface area contributed by atoms with Crippen molar-refractivity contribution in [3.63, 3.8) is 0 Å². The minimum atomic E-state index is -0.225. The number of carbonyl (C=O) groups excluding carboxylic acids is 2. The van der Waals surface area contributed by atoms with E-state index in [1.807, 2.05) is 42.5 Å². The molecule has 27 heavy (non-hydrogen) atoms. The Labute approximate surface area is 159 Å². The Hall–Kier alpha value is -3.02. The summed E-state index contributed by atoms with van der Waals surface area (Å²) in [7, 11) is 0.